The fourth-order valence-corrected chi connectivity index (χ4v) is 7.50. The van der Waals surface area contributed by atoms with Gasteiger partial charge in [-0.15, -0.1) is 5.10 Å². The first-order valence-corrected chi connectivity index (χ1v) is 13.5. The number of fused-ring (bicyclic) bond motifs is 1. The monoisotopic (exact) mass is 526 g/mol. The van der Waals surface area contributed by atoms with Gasteiger partial charge >= 0.3 is 12.2 Å². The number of nitrogens with one attached hydrogen (secondary N) is 1. The number of amides is 2. The number of aromatic nitrogens is 6. The minimum atomic E-state index is -4.55. The lowest BCUT2D eigenvalue weighted by molar-refractivity contribution is -0.144. The fraction of sp³-hybridized carbons (Fsp3) is 0.654. The lowest BCUT2D eigenvalue weighted by Gasteiger charge is -2.63. The molecule has 3 aromatic rings. The van der Waals surface area contributed by atoms with Crippen molar-refractivity contribution in [3.8, 4) is 0 Å². The normalized spacial score (nSPS) is 24.4. The van der Waals surface area contributed by atoms with Gasteiger partial charge in [-0.3, -0.25) is 5.10 Å². The van der Waals surface area contributed by atoms with Gasteiger partial charge in [0.2, 0.25) is 0 Å². The fourth-order valence-electron chi connectivity index (χ4n) is 7.50. The number of nitrogens with zero attached hydrogens (tertiary/aromatic N) is 7. The van der Waals surface area contributed by atoms with Crippen molar-refractivity contribution in [3.05, 3.63) is 41.4 Å². The van der Waals surface area contributed by atoms with E-state index in [9.17, 15) is 18.0 Å². The van der Waals surface area contributed by atoms with Gasteiger partial charge in [0.1, 0.15) is 5.82 Å². The van der Waals surface area contributed by atoms with Gasteiger partial charge in [-0.05, 0) is 62.5 Å². The van der Waals surface area contributed by atoms with Crippen LogP contribution in [0.3, 0.4) is 0 Å². The smallest absolute Gasteiger partial charge is 0.323 e. The molecule has 2 saturated heterocycles. The van der Waals surface area contributed by atoms with Gasteiger partial charge < -0.3 is 9.80 Å². The molecule has 2 amide bonds. The number of rotatable bonds is 4. The lowest BCUT2D eigenvalue weighted by atomic mass is 9.56. The van der Waals surface area contributed by atoms with Crippen LogP contribution >= 0.6 is 0 Å². The molecule has 3 saturated carbocycles. The van der Waals surface area contributed by atoms with E-state index in [4.69, 9.17) is 4.98 Å². The number of H-pyrrole nitrogens is 1. The van der Waals surface area contributed by atoms with E-state index in [1.165, 1.54) is 17.4 Å². The van der Waals surface area contributed by atoms with E-state index in [2.05, 4.69) is 20.3 Å². The number of likely N-dealkylation sites (tertiary alicyclic amines) is 2. The molecular formula is C26H29F3N8O. The molecule has 200 valence electrons. The Morgan fingerprint density at radius 1 is 0.974 bits per heavy atom. The second-order valence-corrected chi connectivity index (χ2v) is 12.7. The number of urea groups is 1. The van der Waals surface area contributed by atoms with Crippen molar-refractivity contribution >= 4 is 11.7 Å². The maximum absolute atomic E-state index is 13.0. The molecule has 2 spiro atoms. The van der Waals surface area contributed by atoms with Gasteiger partial charge in [-0.2, -0.15) is 18.3 Å². The quantitative estimate of drug-likeness (QED) is 0.555. The molecule has 3 aliphatic carbocycles. The molecule has 0 unspecified atom stereocenters. The van der Waals surface area contributed by atoms with E-state index in [0.717, 1.165) is 75.5 Å². The van der Waals surface area contributed by atoms with Gasteiger partial charge in [0, 0.05) is 55.0 Å². The van der Waals surface area contributed by atoms with E-state index < -0.39 is 12.0 Å². The third-order valence-corrected chi connectivity index (χ3v) is 9.47. The summed E-state index contributed by atoms with van der Waals surface area (Å²) in [7, 11) is 0. The molecule has 0 atom stereocenters. The number of halogens is 3. The molecule has 8 rings (SSSR count). The molecule has 5 heterocycles. The average molecular weight is 527 g/mol. The highest BCUT2D eigenvalue weighted by molar-refractivity contribution is 5.77. The largest absolute Gasteiger partial charge is 0.453 e. The van der Waals surface area contributed by atoms with Crippen molar-refractivity contribution in [2.45, 2.75) is 63.0 Å². The maximum atomic E-state index is 13.0. The Kier molecular flexibility index (Phi) is 4.48. The number of hydrogen-bond acceptors (Lipinski definition) is 5. The van der Waals surface area contributed by atoms with Crippen LogP contribution in [0.2, 0.25) is 0 Å². The first-order chi connectivity index (χ1) is 18.2. The van der Waals surface area contributed by atoms with Gasteiger partial charge in [0.25, 0.3) is 5.82 Å². The van der Waals surface area contributed by atoms with Crippen molar-refractivity contribution in [2.24, 2.45) is 16.7 Å². The Labute approximate surface area is 216 Å². The van der Waals surface area contributed by atoms with Crippen LogP contribution in [-0.4, -0.2) is 71.8 Å². The highest BCUT2D eigenvalue weighted by Crippen LogP contribution is 2.57. The molecule has 12 heteroatoms. The zero-order valence-corrected chi connectivity index (χ0v) is 20.9. The van der Waals surface area contributed by atoms with Crippen LogP contribution in [0.25, 0.3) is 5.65 Å². The third-order valence-electron chi connectivity index (χ3n) is 9.47. The van der Waals surface area contributed by atoms with E-state index in [1.807, 2.05) is 15.9 Å². The Balaban J connectivity index is 0.795. The Morgan fingerprint density at radius 3 is 2.32 bits per heavy atom. The van der Waals surface area contributed by atoms with Gasteiger partial charge in [-0.1, -0.05) is 6.07 Å². The standard InChI is InChI=1S/C26H29F3N8O/c27-26(28,29)22-30-19-4-1-15(10-37(19)34-22)5-16-6-24(7-16)11-35(12-24)23(38)36-13-25(14-36)8-18(9-25)21-31-20(32-33-21)17-2-3-17/h1,4,10,16-18H,2-3,5-9,11-14H2,(H,31,32,33). The number of carbonyl (C=O) groups is 1. The second-order valence-electron chi connectivity index (χ2n) is 12.7. The summed E-state index contributed by atoms with van der Waals surface area (Å²) in [6, 6.07) is 3.60. The van der Waals surface area contributed by atoms with Crippen LogP contribution in [0, 0.1) is 16.7 Å². The topological polar surface area (TPSA) is 95.3 Å². The molecule has 0 bridgehead atoms. The van der Waals surface area contributed by atoms with E-state index in [-0.39, 0.29) is 22.5 Å². The number of hydrogen-bond donors (Lipinski definition) is 1. The zero-order chi connectivity index (χ0) is 25.9. The molecule has 9 nitrogen and oxygen atoms in total. The third kappa shape index (κ3) is 3.62. The molecule has 5 aliphatic rings. The van der Waals surface area contributed by atoms with Crippen LogP contribution in [-0.2, 0) is 12.6 Å². The molecule has 2 aliphatic heterocycles. The average Bonchev–Trinajstić information content (AvgIpc) is 3.33. The molecule has 3 aromatic heterocycles. The first kappa shape index (κ1) is 22.8. The Hall–Kier alpha value is -3.18. The molecular weight excluding hydrogens is 497 g/mol. The van der Waals surface area contributed by atoms with Crippen molar-refractivity contribution in [3.63, 3.8) is 0 Å². The summed E-state index contributed by atoms with van der Waals surface area (Å²) in [4.78, 5) is 25.2. The minimum Gasteiger partial charge on any atom is -0.323 e. The number of carbonyl (C=O) groups excluding carboxylic acids is 1. The molecule has 5 fully saturated rings. The Morgan fingerprint density at radius 2 is 1.66 bits per heavy atom. The van der Waals surface area contributed by atoms with Crippen LogP contribution in [0.4, 0.5) is 18.0 Å². The van der Waals surface area contributed by atoms with Crippen molar-refractivity contribution in [1.82, 2.24) is 39.6 Å². The van der Waals surface area contributed by atoms with Gasteiger partial charge in [-0.25, -0.2) is 19.3 Å². The van der Waals surface area contributed by atoms with Crippen molar-refractivity contribution in [2.75, 3.05) is 26.2 Å². The SMILES string of the molecule is O=C(N1CC2(CC(Cc3ccc4nc(C(F)(F)F)nn4c3)C2)C1)N1CC2(CC(c3nc(C4CC4)n[nH]3)C2)C1. The van der Waals surface area contributed by atoms with Crippen LogP contribution in [0.15, 0.2) is 18.3 Å². The van der Waals surface area contributed by atoms with Gasteiger partial charge in [0.15, 0.2) is 11.5 Å². The molecule has 38 heavy (non-hydrogen) atoms. The van der Waals surface area contributed by atoms with E-state index in [0.29, 0.717) is 17.8 Å². The summed E-state index contributed by atoms with van der Waals surface area (Å²) in [5.74, 6) is 2.38. The van der Waals surface area contributed by atoms with Crippen molar-refractivity contribution in [1.29, 1.82) is 0 Å². The van der Waals surface area contributed by atoms with E-state index >= 15 is 0 Å². The zero-order valence-electron chi connectivity index (χ0n) is 20.9. The molecule has 1 N–H and O–H groups in total. The summed E-state index contributed by atoms with van der Waals surface area (Å²) < 4.78 is 39.9. The van der Waals surface area contributed by atoms with Crippen LogP contribution < -0.4 is 0 Å². The highest BCUT2D eigenvalue weighted by atomic mass is 19.4. The summed E-state index contributed by atoms with van der Waals surface area (Å²) in [6.45, 7) is 3.32. The predicted octanol–water partition coefficient (Wildman–Crippen LogP) is 4.00. The lowest BCUT2D eigenvalue weighted by Crippen LogP contribution is -2.70. The Bertz CT molecular complexity index is 1410. The molecule has 0 radical (unpaired) electrons. The number of pyridine rings is 1. The summed E-state index contributed by atoms with van der Waals surface area (Å²) in [5, 5.41) is 11.1. The predicted molar refractivity (Wildman–Crippen MR) is 128 cm³/mol. The summed E-state index contributed by atoms with van der Waals surface area (Å²) in [6.07, 6.45) is 4.58. The van der Waals surface area contributed by atoms with Crippen molar-refractivity contribution < 1.29 is 18.0 Å². The summed E-state index contributed by atoms with van der Waals surface area (Å²) >= 11 is 0. The number of aromatic amines is 1. The van der Waals surface area contributed by atoms with Crippen LogP contribution in [0.1, 0.15) is 73.4 Å². The first-order valence-electron chi connectivity index (χ1n) is 13.5. The summed E-state index contributed by atoms with van der Waals surface area (Å²) in [5.41, 5.74) is 1.65. The minimum absolute atomic E-state index is 0.168. The molecule has 0 aromatic carbocycles. The maximum Gasteiger partial charge on any atom is 0.453 e. The van der Waals surface area contributed by atoms with Gasteiger partial charge in [0.05, 0.1) is 0 Å². The van der Waals surface area contributed by atoms with Crippen LogP contribution in [0.5, 0.6) is 0 Å². The second kappa shape index (κ2) is 7.47. The highest BCUT2D eigenvalue weighted by Gasteiger charge is 2.58. The van der Waals surface area contributed by atoms with E-state index in [1.54, 1.807) is 12.3 Å². The number of alkyl halides is 3.